The average molecular weight is 525 g/mol. The van der Waals surface area contributed by atoms with E-state index in [4.69, 9.17) is 32.4 Å². The molecule has 4 rings (SSSR count). The Labute approximate surface area is 215 Å². The quantitative estimate of drug-likeness (QED) is 0.227. The van der Waals surface area contributed by atoms with Gasteiger partial charge in [0.05, 0.1) is 38.1 Å². The second-order valence-corrected chi connectivity index (χ2v) is 8.43. The van der Waals surface area contributed by atoms with Crippen molar-refractivity contribution < 1.29 is 28.6 Å². The molecule has 1 aliphatic heterocycles. The van der Waals surface area contributed by atoms with Crippen LogP contribution < -0.4 is 5.01 Å². The number of furan rings is 1. The van der Waals surface area contributed by atoms with E-state index in [1.807, 2.05) is 0 Å². The highest BCUT2D eigenvalue weighted by Gasteiger charge is 2.30. The summed E-state index contributed by atoms with van der Waals surface area (Å²) in [5, 5.41) is 15.0. The molecule has 0 bridgehead atoms. The second kappa shape index (κ2) is 10.2. The van der Waals surface area contributed by atoms with Crippen molar-refractivity contribution in [2.45, 2.75) is 6.92 Å². The molecule has 0 unspecified atom stereocenters. The first kappa shape index (κ1) is 25.0. The molecule has 0 radical (unpaired) electrons. The molecule has 36 heavy (non-hydrogen) atoms. The predicted molar refractivity (Wildman–Crippen MR) is 137 cm³/mol. The van der Waals surface area contributed by atoms with Crippen LogP contribution in [0.25, 0.3) is 17.4 Å². The molecule has 1 N–H and O–H groups in total. The number of halogens is 2. The number of aromatic carboxylic acids is 1. The molecule has 0 atom stereocenters. The Balaban J connectivity index is 1.60. The number of carboxylic acid groups (broad SMARTS) is 1. The zero-order valence-electron chi connectivity index (χ0n) is 18.8. The third-order valence-corrected chi connectivity index (χ3v) is 5.86. The number of carbonyl (C=O) groups excluding carboxylic acids is 2. The van der Waals surface area contributed by atoms with Gasteiger partial charge in [-0.3, -0.25) is 4.79 Å². The number of nitrogens with zero attached hydrogens (tertiary/aromatic N) is 2. The summed E-state index contributed by atoms with van der Waals surface area (Å²) in [5.41, 5.74) is 1.58. The summed E-state index contributed by atoms with van der Waals surface area (Å²) in [6, 6.07) is 12.4. The maximum atomic E-state index is 13.1. The highest BCUT2D eigenvalue weighted by Crippen LogP contribution is 2.31. The number of hydrogen-bond donors (Lipinski definition) is 1. The molecule has 182 valence electrons. The van der Waals surface area contributed by atoms with Gasteiger partial charge in [-0.05, 0) is 61.5 Å². The van der Waals surface area contributed by atoms with Crippen LogP contribution in [0.2, 0.25) is 10.0 Å². The highest BCUT2D eigenvalue weighted by atomic mass is 35.5. The number of hydrazone groups is 1. The van der Waals surface area contributed by atoms with Crippen LogP contribution in [0.4, 0.5) is 5.69 Å². The number of esters is 1. The van der Waals surface area contributed by atoms with Gasteiger partial charge in [0.25, 0.3) is 5.91 Å². The van der Waals surface area contributed by atoms with E-state index in [2.05, 4.69) is 11.7 Å². The van der Waals surface area contributed by atoms with Crippen LogP contribution in [0, 0.1) is 0 Å². The van der Waals surface area contributed by atoms with Crippen LogP contribution in [0.3, 0.4) is 0 Å². The van der Waals surface area contributed by atoms with Gasteiger partial charge in [-0.15, -0.1) is 0 Å². The molecule has 8 nitrogen and oxygen atoms in total. The topological polar surface area (TPSA) is 109 Å². The molecule has 0 saturated carbocycles. The van der Waals surface area contributed by atoms with Gasteiger partial charge in [-0.2, -0.15) is 10.1 Å². The molecule has 0 fully saturated rings. The molecule has 10 heteroatoms. The lowest BCUT2D eigenvalue weighted by Gasteiger charge is -2.12. The van der Waals surface area contributed by atoms with E-state index in [0.29, 0.717) is 22.8 Å². The number of carboxylic acids is 1. The van der Waals surface area contributed by atoms with Crippen molar-refractivity contribution in [1.29, 1.82) is 0 Å². The number of carbonyl (C=O) groups is 3. The number of rotatable bonds is 7. The number of benzene rings is 2. The van der Waals surface area contributed by atoms with E-state index in [1.54, 1.807) is 37.3 Å². The van der Waals surface area contributed by atoms with Gasteiger partial charge in [0.2, 0.25) is 0 Å². The zero-order chi connectivity index (χ0) is 26.0. The van der Waals surface area contributed by atoms with Crippen LogP contribution in [-0.2, 0) is 9.53 Å². The standard InChI is InChI=1S/C26H18Cl2N2O6/c1-3-10-35-26(34)20-11-15(4-7-22(20)28)23-9-6-17(36-23)13-18-14(2)29-30(24(18)31)16-5-8-21(27)19(12-16)25(32)33/h3-9,11-13H,1,10H2,2H3,(H,32,33)/b18-13+. The SMILES string of the molecule is C=CCOC(=O)c1cc(-c2ccc(/C=C3/C(=O)N(c4ccc(Cl)c(C(=O)O)c4)N=C3C)o2)ccc1Cl. The molecular weight excluding hydrogens is 507 g/mol. The van der Waals surface area contributed by atoms with Crippen LogP contribution in [0.1, 0.15) is 33.4 Å². The Morgan fingerprint density at radius 1 is 1.11 bits per heavy atom. The molecule has 0 saturated heterocycles. The molecule has 0 aliphatic carbocycles. The van der Waals surface area contributed by atoms with Crippen molar-refractivity contribution >= 4 is 58.5 Å². The molecular formula is C26H18Cl2N2O6. The summed E-state index contributed by atoms with van der Waals surface area (Å²) in [7, 11) is 0. The van der Waals surface area contributed by atoms with Crippen LogP contribution >= 0.6 is 23.2 Å². The maximum Gasteiger partial charge on any atom is 0.339 e. The number of anilines is 1. The smallest absolute Gasteiger partial charge is 0.339 e. The van der Waals surface area contributed by atoms with Gasteiger partial charge >= 0.3 is 11.9 Å². The summed E-state index contributed by atoms with van der Waals surface area (Å²) in [6.45, 7) is 5.22. The monoisotopic (exact) mass is 524 g/mol. The predicted octanol–water partition coefficient (Wildman–Crippen LogP) is 6.10. The fourth-order valence-electron chi connectivity index (χ4n) is 3.44. The third kappa shape index (κ3) is 4.95. The van der Waals surface area contributed by atoms with Gasteiger partial charge < -0.3 is 14.3 Å². The van der Waals surface area contributed by atoms with E-state index >= 15 is 0 Å². The van der Waals surface area contributed by atoms with Crippen molar-refractivity contribution in [2.75, 3.05) is 11.6 Å². The van der Waals surface area contributed by atoms with Crippen molar-refractivity contribution in [3.63, 3.8) is 0 Å². The fraction of sp³-hybridized carbons (Fsp3) is 0.0769. The van der Waals surface area contributed by atoms with Gasteiger partial charge in [-0.1, -0.05) is 35.9 Å². The first-order chi connectivity index (χ1) is 17.2. The summed E-state index contributed by atoms with van der Waals surface area (Å²) in [6.07, 6.45) is 2.99. The molecule has 1 aromatic heterocycles. The largest absolute Gasteiger partial charge is 0.478 e. The highest BCUT2D eigenvalue weighted by molar-refractivity contribution is 6.35. The second-order valence-electron chi connectivity index (χ2n) is 7.61. The van der Waals surface area contributed by atoms with E-state index in [-0.39, 0.29) is 39.0 Å². The summed E-state index contributed by atoms with van der Waals surface area (Å²) in [4.78, 5) is 36.7. The molecule has 1 aliphatic rings. The van der Waals surface area contributed by atoms with Crippen LogP contribution in [-0.4, -0.2) is 35.3 Å². The van der Waals surface area contributed by atoms with Crippen molar-refractivity contribution in [3.8, 4) is 11.3 Å². The molecule has 1 amide bonds. The van der Waals surface area contributed by atoms with E-state index in [1.165, 1.54) is 30.4 Å². The minimum Gasteiger partial charge on any atom is -0.478 e. The minimum absolute atomic E-state index is 0.0526. The van der Waals surface area contributed by atoms with E-state index < -0.39 is 17.8 Å². The lowest BCUT2D eigenvalue weighted by Crippen LogP contribution is -2.21. The Morgan fingerprint density at radius 2 is 1.83 bits per heavy atom. The van der Waals surface area contributed by atoms with Crippen molar-refractivity contribution in [1.82, 2.24) is 0 Å². The van der Waals surface area contributed by atoms with Crippen molar-refractivity contribution in [3.05, 3.63) is 93.7 Å². The van der Waals surface area contributed by atoms with Crippen LogP contribution in [0.5, 0.6) is 0 Å². The van der Waals surface area contributed by atoms with E-state index in [0.717, 1.165) is 5.01 Å². The van der Waals surface area contributed by atoms with Crippen molar-refractivity contribution in [2.24, 2.45) is 5.10 Å². The van der Waals surface area contributed by atoms with Gasteiger partial charge in [0, 0.05) is 5.56 Å². The first-order valence-electron chi connectivity index (χ1n) is 10.5. The molecule has 2 heterocycles. The fourth-order valence-corrected chi connectivity index (χ4v) is 3.84. The lowest BCUT2D eigenvalue weighted by molar-refractivity contribution is -0.114. The lowest BCUT2D eigenvalue weighted by atomic mass is 10.1. The Morgan fingerprint density at radius 3 is 2.56 bits per heavy atom. The number of ether oxygens (including phenoxy) is 1. The normalized spacial score (nSPS) is 14.2. The van der Waals surface area contributed by atoms with Crippen LogP contribution in [0.15, 0.2) is 76.3 Å². The Bertz CT molecular complexity index is 1470. The van der Waals surface area contributed by atoms with Gasteiger partial charge in [0.1, 0.15) is 18.1 Å². The van der Waals surface area contributed by atoms with Gasteiger partial charge in [0.15, 0.2) is 0 Å². The van der Waals surface area contributed by atoms with E-state index in [9.17, 15) is 19.5 Å². The van der Waals surface area contributed by atoms with Gasteiger partial charge in [-0.25, -0.2) is 9.59 Å². The molecule has 3 aromatic rings. The molecule has 2 aromatic carbocycles. The Kier molecular flexibility index (Phi) is 7.10. The maximum absolute atomic E-state index is 13.1. The number of hydrogen-bond acceptors (Lipinski definition) is 6. The third-order valence-electron chi connectivity index (χ3n) is 5.20. The average Bonchev–Trinajstić information content (AvgIpc) is 3.43. The summed E-state index contributed by atoms with van der Waals surface area (Å²) < 4.78 is 10.9. The summed E-state index contributed by atoms with van der Waals surface area (Å²) in [5.74, 6) is -1.45. The Hall–Kier alpha value is -4.14. The zero-order valence-corrected chi connectivity index (χ0v) is 20.3. The minimum atomic E-state index is -1.22. The first-order valence-corrected chi connectivity index (χ1v) is 11.3. The molecule has 0 spiro atoms. The summed E-state index contributed by atoms with van der Waals surface area (Å²) >= 11 is 12.1. The number of amides is 1.